The average molecular weight is 225 g/mol. The summed E-state index contributed by atoms with van der Waals surface area (Å²) in [5.74, 6) is 0.848. The van der Waals surface area contributed by atoms with Crippen molar-refractivity contribution in [1.82, 2.24) is 5.32 Å². The van der Waals surface area contributed by atoms with Crippen LogP contribution in [0.2, 0.25) is 0 Å². The topological polar surface area (TPSA) is 12.0 Å². The molecule has 0 aliphatic heterocycles. The largest absolute Gasteiger partial charge is 0.309 e. The third-order valence-electron chi connectivity index (χ3n) is 4.43. The molecule has 1 aliphatic rings. The van der Waals surface area contributed by atoms with Crippen LogP contribution in [0.3, 0.4) is 0 Å². The number of nitrogens with one attached hydrogen (secondary N) is 1. The lowest BCUT2D eigenvalue weighted by molar-refractivity contribution is 0.217. The van der Waals surface area contributed by atoms with Crippen molar-refractivity contribution >= 4 is 0 Å². The van der Waals surface area contributed by atoms with E-state index in [2.05, 4.69) is 33.0 Å². The van der Waals surface area contributed by atoms with Crippen LogP contribution in [-0.2, 0) is 0 Å². The van der Waals surface area contributed by atoms with E-state index in [0.29, 0.717) is 5.54 Å². The van der Waals surface area contributed by atoms with Gasteiger partial charge in [0.1, 0.15) is 0 Å². The van der Waals surface area contributed by atoms with E-state index in [1.54, 1.807) is 0 Å². The summed E-state index contributed by atoms with van der Waals surface area (Å²) in [5.41, 5.74) is 0.372. The van der Waals surface area contributed by atoms with Gasteiger partial charge in [-0.3, -0.25) is 0 Å². The predicted molar refractivity (Wildman–Crippen MR) is 72.8 cm³/mol. The Balaban J connectivity index is 2.44. The van der Waals surface area contributed by atoms with Crippen molar-refractivity contribution < 1.29 is 0 Å². The van der Waals surface area contributed by atoms with Crippen LogP contribution in [-0.4, -0.2) is 11.6 Å². The van der Waals surface area contributed by atoms with Crippen LogP contribution in [0.25, 0.3) is 0 Å². The maximum Gasteiger partial charge on any atom is 0.0155 e. The Bertz CT molecular complexity index is 184. The second-order valence-corrected chi connectivity index (χ2v) is 6.11. The summed E-state index contributed by atoms with van der Waals surface area (Å²) in [6.07, 6.45) is 11.0. The molecule has 0 heterocycles. The molecule has 0 saturated heterocycles. The molecule has 0 spiro atoms. The summed E-state index contributed by atoms with van der Waals surface area (Å²) in [6, 6.07) is 0.794. The molecule has 1 saturated carbocycles. The van der Waals surface area contributed by atoms with Crippen LogP contribution in [0.1, 0.15) is 79.1 Å². The standard InChI is InChI=1S/C15H31N/c1-5-13(3)12-15(4,6-2)16-14-10-8-7-9-11-14/h13-14,16H,5-12H2,1-4H3. The fourth-order valence-corrected chi connectivity index (χ4v) is 2.96. The highest BCUT2D eigenvalue weighted by atomic mass is 15.0. The van der Waals surface area contributed by atoms with Gasteiger partial charge in [-0.25, -0.2) is 0 Å². The van der Waals surface area contributed by atoms with E-state index >= 15 is 0 Å². The van der Waals surface area contributed by atoms with Gasteiger partial charge in [0, 0.05) is 11.6 Å². The molecule has 96 valence electrons. The highest BCUT2D eigenvalue weighted by Crippen LogP contribution is 2.26. The fraction of sp³-hybridized carbons (Fsp3) is 1.00. The summed E-state index contributed by atoms with van der Waals surface area (Å²) in [5, 5.41) is 3.95. The monoisotopic (exact) mass is 225 g/mol. The maximum absolute atomic E-state index is 3.95. The average Bonchev–Trinajstić information content (AvgIpc) is 2.30. The Kier molecular flexibility index (Phi) is 5.82. The smallest absolute Gasteiger partial charge is 0.0155 e. The first kappa shape index (κ1) is 14.0. The van der Waals surface area contributed by atoms with Gasteiger partial charge in [-0.05, 0) is 38.5 Å². The van der Waals surface area contributed by atoms with E-state index in [9.17, 15) is 0 Å². The lowest BCUT2D eigenvalue weighted by Crippen LogP contribution is -2.49. The summed E-state index contributed by atoms with van der Waals surface area (Å²) >= 11 is 0. The predicted octanol–water partition coefficient (Wildman–Crippen LogP) is 4.51. The van der Waals surface area contributed by atoms with E-state index in [1.165, 1.54) is 51.4 Å². The maximum atomic E-state index is 3.95. The summed E-state index contributed by atoms with van der Waals surface area (Å²) in [4.78, 5) is 0. The second kappa shape index (κ2) is 6.64. The van der Waals surface area contributed by atoms with Gasteiger partial charge < -0.3 is 5.32 Å². The van der Waals surface area contributed by atoms with E-state index < -0.39 is 0 Å². The van der Waals surface area contributed by atoms with E-state index in [-0.39, 0.29) is 0 Å². The van der Waals surface area contributed by atoms with Gasteiger partial charge in [0.2, 0.25) is 0 Å². The molecule has 1 aliphatic carbocycles. The first-order valence-electron chi connectivity index (χ1n) is 7.37. The molecule has 2 atom stereocenters. The van der Waals surface area contributed by atoms with Gasteiger partial charge in [-0.15, -0.1) is 0 Å². The summed E-state index contributed by atoms with van der Waals surface area (Å²) in [7, 11) is 0. The Morgan fingerprint density at radius 2 is 1.81 bits per heavy atom. The molecule has 0 bridgehead atoms. The Morgan fingerprint density at radius 1 is 1.19 bits per heavy atom. The molecule has 2 unspecified atom stereocenters. The van der Waals surface area contributed by atoms with Crippen molar-refractivity contribution in [1.29, 1.82) is 0 Å². The fourth-order valence-electron chi connectivity index (χ4n) is 2.96. The van der Waals surface area contributed by atoms with Gasteiger partial charge in [-0.1, -0.05) is 46.5 Å². The lowest BCUT2D eigenvalue weighted by Gasteiger charge is -2.38. The first-order valence-corrected chi connectivity index (χ1v) is 7.37. The normalized spacial score (nSPS) is 24.0. The number of hydrogen-bond donors (Lipinski definition) is 1. The van der Waals surface area contributed by atoms with Crippen LogP contribution in [0.15, 0.2) is 0 Å². The minimum Gasteiger partial charge on any atom is -0.309 e. The third-order valence-corrected chi connectivity index (χ3v) is 4.43. The minimum atomic E-state index is 0.372. The molecule has 1 fully saturated rings. The van der Waals surface area contributed by atoms with Crippen molar-refractivity contribution in [3.8, 4) is 0 Å². The SMILES string of the molecule is CCC(C)CC(C)(CC)NC1CCCCC1. The zero-order chi connectivity index (χ0) is 12.0. The Labute approximate surface area is 102 Å². The van der Waals surface area contributed by atoms with Crippen molar-refractivity contribution in [2.45, 2.75) is 90.6 Å². The molecule has 0 aromatic heterocycles. The molecule has 0 aromatic carbocycles. The van der Waals surface area contributed by atoms with E-state index in [4.69, 9.17) is 0 Å². The van der Waals surface area contributed by atoms with Crippen LogP contribution in [0, 0.1) is 5.92 Å². The van der Waals surface area contributed by atoms with Crippen molar-refractivity contribution in [2.24, 2.45) is 5.92 Å². The molecule has 16 heavy (non-hydrogen) atoms. The first-order chi connectivity index (χ1) is 7.59. The van der Waals surface area contributed by atoms with E-state index in [1.807, 2.05) is 0 Å². The Morgan fingerprint density at radius 3 is 2.31 bits per heavy atom. The van der Waals surface area contributed by atoms with Crippen molar-refractivity contribution in [2.75, 3.05) is 0 Å². The summed E-state index contributed by atoms with van der Waals surface area (Å²) < 4.78 is 0. The molecular formula is C15H31N. The van der Waals surface area contributed by atoms with Gasteiger partial charge in [0.25, 0.3) is 0 Å². The molecule has 1 nitrogen and oxygen atoms in total. The zero-order valence-corrected chi connectivity index (χ0v) is 11.8. The Hall–Kier alpha value is -0.0400. The molecule has 0 aromatic rings. The molecule has 0 amide bonds. The molecule has 1 heteroatoms. The van der Waals surface area contributed by atoms with Gasteiger partial charge in [-0.2, -0.15) is 0 Å². The van der Waals surface area contributed by atoms with Crippen LogP contribution < -0.4 is 5.32 Å². The van der Waals surface area contributed by atoms with Crippen molar-refractivity contribution in [3.63, 3.8) is 0 Å². The molecule has 0 radical (unpaired) electrons. The highest BCUT2D eigenvalue weighted by Gasteiger charge is 2.27. The summed E-state index contributed by atoms with van der Waals surface area (Å²) in [6.45, 7) is 9.45. The zero-order valence-electron chi connectivity index (χ0n) is 11.8. The van der Waals surface area contributed by atoms with Crippen molar-refractivity contribution in [3.05, 3.63) is 0 Å². The number of rotatable bonds is 6. The van der Waals surface area contributed by atoms with Crippen LogP contribution >= 0.6 is 0 Å². The lowest BCUT2D eigenvalue weighted by atomic mass is 9.84. The molecule has 1 rings (SSSR count). The molecule has 1 N–H and O–H groups in total. The quantitative estimate of drug-likeness (QED) is 0.701. The van der Waals surface area contributed by atoms with E-state index in [0.717, 1.165) is 12.0 Å². The number of hydrogen-bond acceptors (Lipinski definition) is 1. The second-order valence-electron chi connectivity index (χ2n) is 6.11. The third kappa shape index (κ3) is 4.45. The van der Waals surface area contributed by atoms with Gasteiger partial charge in [0.15, 0.2) is 0 Å². The van der Waals surface area contributed by atoms with Gasteiger partial charge in [0.05, 0.1) is 0 Å². The highest BCUT2D eigenvalue weighted by molar-refractivity contribution is 4.87. The minimum absolute atomic E-state index is 0.372. The van der Waals surface area contributed by atoms with Crippen LogP contribution in [0.4, 0.5) is 0 Å². The van der Waals surface area contributed by atoms with Crippen LogP contribution in [0.5, 0.6) is 0 Å². The molecular weight excluding hydrogens is 194 g/mol. The van der Waals surface area contributed by atoms with Gasteiger partial charge >= 0.3 is 0 Å².